The fraction of sp³-hybridized carbons (Fsp3) is 0.100. The second kappa shape index (κ2) is 11.0. The van der Waals surface area contributed by atoms with E-state index in [0.717, 1.165) is 33.9 Å². The smallest absolute Gasteiger partial charge is 0.185 e. The molecule has 0 aliphatic heterocycles. The minimum absolute atomic E-state index is 0.0743. The molecule has 4 rings (SSSR count). The fourth-order valence-corrected chi connectivity index (χ4v) is 3.57. The van der Waals surface area contributed by atoms with Crippen LogP contribution in [0.25, 0.3) is 17.2 Å². The average Bonchev–Trinajstić information content (AvgIpc) is 2.91. The molecule has 0 spiro atoms. The molecule has 0 unspecified atom stereocenters. The summed E-state index contributed by atoms with van der Waals surface area (Å²) in [5.41, 5.74) is 4.70. The van der Waals surface area contributed by atoms with Gasteiger partial charge in [-0.1, -0.05) is 54.6 Å². The van der Waals surface area contributed by atoms with Crippen LogP contribution in [0, 0.1) is 0 Å². The highest BCUT2D eigenvalue weighted by atomic mass is 16.5. The maximum atomic E-state index is 12.5. The van der Waals surface area contributed by atoms with Gasteiger partial charge in [-0.05, 0) is 71.3 Å². The molecule has 0 heterocycles. The molecule has 4 aromatic rings. The molecular weight excluding hydrogens is 424 g/mol. The molecule has 0 amide bonds. The molecule has 34 heavy (non-hydrogen) atoms. The molecular formula is C30H26O4. The minimum Gasteiger partial charge on any atom is -0.497 e. The van der Waals surface area contributed by atoms with Crippen LogP contribution in [0.15, 0.2) is 103 Å². The van der Waals surface area contributed by atoms with E-state index in [1.165, 1.54) is 5.56 Å². The molecule has 0 radical (unpaired) electrons. The lowest BCUT2D eigenvalue weighted by atomic mass is 10.1. The van der Waals surface area contributed by atoms with Crippen LogP contribution >= 0.6 is 0 Å². The Hall–Kier alpha value is -4.31. The largest absolute Gasteiger partial charge is 0.497 e. The quantitative estimate of drug-likeness (QED) is 0.207. The monoisotopic (exact) mass is 450 g/mol. The van der Waals surface area contributed by atoms with Gasteiger partial charge >= 0.3 is 0 Å². The van der Waals surface area contributed by atoms with Gasteiger partial charge in [0.1, 0.15) is 23.9 Å². The Balaban J connectivity index is 1.43. The number of rotatable bonds is 9. The van der Waals surface area contributed by atoms with Crippen LogP contribution in [0.5, 0.6) is 17.2 Å². The van der Waals surface area contributed by atoms with Crippen molar-refractivity contribution in [1.82, 2.24) is 0 Å². The molecule has 4 heteroatoms. The van der Waals surface area contributed by atoms with Crippen LogP contribution in [-0.2, 0) is 6.61 Å². The van der Waals surface area contributed by atoms with Gasteiger partial charge in [-0.15, -0.1) is 0 Å². The Morgan fingerprint density at radius 2 is 1.41 bits per heavy atom. The molecule has 0 aliphatic rings. The summed E-state index contributed by atoms with van der Waals surface area (Å²) in [5.74, 6) is 2.15. The molecule has 0 saturated carbocycles. The zero-order chi connectivity index (χ0) is 23.8. The van der Waals surface area contributed by atoms with E-state index < -0.39 is 0 Å². The van der Waals surface area contributed by atoms with E-state index in [4.69, 9.17) is 14.2 Å². The lowest BCUT2D eigenvalue weighted by molar-refractivity contribution is 0.104. The van der Waals surface area contributed by atoms with Crippen molar-refractivity contribution in [3.05, 3.63) is 120 Å². The van der Waals surface area contributed by atoms with Crippen LogP contribution in [0.2, 0.25) is 0 Å². The molecule has 0 N–H and O–H groups in total. The minimum atomic E-state index is -0.0743. The SMILES string of the molecule is COc1ccc(C(=O)/C=C/c2ccc(OC)c(COc3ccc(-c4ccccc4)cc3)c2)cc1. The molecule has 0 fully saturated rings. The average molecular weight is 451 g/mol. The van der Waals surface area contributed by atoms with Crippen LogP contribution < -0.4 is 14.2 Å². The summed E-state index contributed by atoms with van der Waals surface area (Å²) in [6.07, 6.45) is 3.36. The third-order valence-corrected chi connectivity index (χ3v) is 5.46. The van der Waals surface area contributed by atoms with E-state index in [-0.39, 0.29) is 5.78 Å². The Bertz CT molecular complexity index is 1260. The summed E-state index contributed by atoms with van der Waals surface area (Å²) >= 11 is 0. The van der Waals surface area contributed by atoms with E-state index in [1.807, 2.05) is 60.7 Å². The van der Waals surface area contributed by atoms with Crippen LogP contribution in [0.4, 0.5) is 0 Å². The molecule has 170 valence electrons. The van der Waals surface area contributed by atoms with Crippen molar-refractivity contribution in [2.24, 2.45) is 0 Å². The summed E-state index contributed by atoms with van der Waals surface area (Å²) in [6, 6.07) is 31.1. The first-order valence-corrected chi connectivity index (χ1v) is 11.0. The van der Waals surface area contributed by atoms with Crippen LogP contribution in [-0.4, -0.2) is 20.0 Å². The normalized spacial score (nSPS) is 10.8. The van der Waals surface area contributed by atoms with Crippen molar-refractivity contribution in [2.45, 2.75) is 6.61 Å². The molecule has 0 aliphatic carbocycles. The Morgan fingerprint density at radius 1 is 0.735 bits per heavy atom. The lowest BCUT2D eigenvalue weighted by Gasteiger charge is -2.12. The number of hydrogen-bond acceptors (Lipinski definition) is 4. The summed E-state index contributed by atoms with van der Waals surface area (Å²) < 4.78 is 16.7. The number of hydrogen-bond donors (Lipinski definition) is 0. The number of allylic oxidation sites excluding steroid dienone is 1. The number of ketones is 1. The molecule has 4 aromatic carbocycles. The number of ether oxygens (including phenoxy) is 3. The van der Waals surface area contributed by atoms with Crippen molar-refractivity contribution in [3.8, 4) is 28.4 Å². The molecule has 0 atom stereocenters. The first kappa shape index (κ1) is 22.9. The molecule has 0 saturated heterocycles. The van der Waals surface area contributed by atoms with Crippen molar-refractivity contribution in [3.63, 3.8) is 0 Å². The zero-order valence-corrected chi connectivity index (χ0v) is 19.2. The van der Waals surface area contributed by atoms with E-state index in [1.54, 1.807) is 50.6 Å². The third-order valence-electron chi connectivity index (χ3n) is 5.46. The number of carbonyl (C=O) groups excluding carboxylic acids is 1. The molecule has 0 aromatic heterocycles. The predicted molar refractivity (Wildman–Crippen MR) is 136 cm³/mol. The third kappa shape index (κ3) is 5.73. The first-order chi connectivity index (χ1) is 16.7. The van der Waals surface area contributed by atoms with Crippen molar-refractivity contribution >= 4 is 11.9 Å². The van der Waals surface area contributed by atoms with Gasteiger partial charge in [0.2, 0.25) is 0 Å². The van der Waals surface area contributed by atoms with Crippen LogP contribution in [0.3, 0.4) is 0 Å². The topological polar surface area (TPSA) is 44.8 Å². The van der Waals surface area contributed by atoms with Crippen molar-refractivity contribution in [2.75, 3.05) is 14.2 Å². The lowest BCUT2D eigenvalue weighted by Crippen LogP contribution is -1.99. The van der Waals surface area contributed by atoms with E-state index >= 15 is 0 Å². The molecule has 4 nitrogen and oxygen atoms in total. The first-order valence-electron chi connectivity index (χ1n) is 11.0. The Morgan fingerprint density at radius 3 is 2.09 bits per heavy atom. The van der Waals surface area contributed by atoms with Gasteiger partial charge in [0.15, 0.2) is 5.78 Å². The zero-order valence-electron chi connectivity index (χ0n) is 19.2. The summed E-state index contributed by atoms with van der Waals surface area (Å²) in [6.45, 7) is 0.349. The maximum absolute atomic E-state index is 12.5. The van der Waals surface area contributed by atoms with Gasteiger partial charge in [0.25, 0.3) is 0 Å². The van der Waals surface area contributed by atoms with Gasteiger partial charge < -0.3 is 14.2 Å². The summed E-state index contributed by atoms with van der Waals surface area (Å²) in [4.78, 5) is 12.5. The van der Waals surface area contributed by atoms with E-state index in [0.29, 0.717) is 12.2 Å². The van der Waals surface area contributed by atoms with Gasteiger partial charge in [0, 0.05) is 11.1 Å². The van der Waals surface area contributed by atoms with Gasteiger partial charge in [0.05, 0.1) is 14.2 Å². The van der Waals surface area contributed by atoms with E-state index in [2.05, 4.69) is 12.1 Å². The Kier molecular flexibility index (Phi) is 7.41. The highest BCUT2D eigenvalue weighted by Crippen LogP contribution is 2.25. The van der Waals surface area contributed by atoms with Crippen molar-refractivity contribution < 1.29 is 19.0 Å². The van der Waals surface area contributed by atoms with Gasteiger partial charge in [-0.2, -0.15) is 0 Å². The summed E-state index contributed by atoms with van der Waals surface area (Å²) in [5, 5.41) is 0. The standard InChI is InChI=1S/C30H26O4/c1-32-27-14-12-25(13-15-27)29(31)18-8-22-9-19-30(33-2)26(20-22)21-34-28-16-10-24(11-17-28)23-6-4-3-5-7-23/h3-20H,21H2,1-2H3/b18-8+. The second-order valence-electron chi connectivity index (χ2n) is 7.68. The van der Waals surface area contributed by atoms with E-state index in [9.17, 15) is 4.79 Å². The summed E-state index contributed by atoms with van der Waals surface area (Å²) in [7, 11) is 3.23. The second-order valence-corrected chi connectivity index (χ2v) is 7.68. The fourth-order valence-electron chi connectivity index (χ4n) is 3.57. The van der Waals surface area contributed by atoms with Gasteiger partial charge in [-0.3, -0.25) is 4.79 Å². The van der Waals surface area contributed by atoms with Crippen LogP contribution in [0.1, 0.15) is 21.5 Å². The van der Waals surface area contributed by atoms with Crippen molar-refractivity contribution in [1.29, 1.82) is 0 Å². The number of carbonyl (C=O) groups is 1. The maximum Gasteiger partial charge on any atom is 0.185 e. The predicted octanol–water partition coefficient (Wildman–Crippen LogP) is 6.85. The Labute approximate surface area is 200 Å². The highest BCUT2D eigenvalue weighted by molar-refractivity contribution is 6.06. The number of methoxy groups -OCH3 is 2. The van der Waals surface area contributed by atoms with Gasteiger partial charge in [-0.25, -0.2) is 0 Å². The number of benzene rings is 4. The molecule has 0 bridgehead atoms. The highest BCUT2D eigenvalue weighted by Gasteiger charge is 2.07.